The van der Waals surface area contributed by atoms with E-state index in [-0.39, 0.29) is 12.2 Å². The van der Waals surface area contributed by atoms with Gasteiger partial charge in [0, 0.05) is 33.1 Å². The molecule has 0 aliphatic carbocycles. The van der Waals surface area contributed by atoms with Crippen LogP contribution in [0.25, 0.3) is 0 Å². The minimum atomic E-state index is -0.494. The average molecular weight is 440 g/mol. The molecule has 0 aromatic heterocycles. The molecule has 3 aliphatic heterocycles. The zero-order chi connectivity index (χ0) is 22.5. The van der Waals surface area contributed by atoms with E-state index in [1.54, 1.807) is 0 Å². The summed E-state index contributed by atoms with van der Waals surface area (Å²) in [5.74, 6) is 1.15. The lowest BCUT2D eigenvalue weighted by atomic mass is 10.1. The van der Waals surface area contributed by atoms with Gasteiger partial charge in [-0.2, -0.15) is 0 Å². The van der Waals surface area contributed by atoms with Gasteiger partial charge in [-0.25, -0.2) is 4.99 Å². The minimum absolute atomic E-state index is 0.0245. The molecule has 2 unspecified atom stereocenters. The highest BCUT2D eigenvalue weighted by molar-refractivity contribution is 6.12. The molecule has 0 saturated carbocycles. The number of likely N-dealkylation sites (N-methyl/N-ethyl adjacent to an activating group) is 1. The number of likely N-dealkylation sites (tertiary alicyclic amines) is 1. The Balaban J connectivity index is 1.54. The van der Waals surface area contributed by atoms with Crippen molar-refractivity contribution in [1.29, 1.82) is 5.41 Å². The highest BCUT2D eigenvalue weighted by atomic mass is 16.1. The number of benzene rings is 1. The summed E-state index contributed by atoms with van der Waals surface area (Å²) in [5, 5.41) is 15.2. The standard InChI is InChI=1S/C24H37N7O/c1-3-4-11-26-24-28-23-21(22(25)29(24)2)27-20(32)10-14-31(23)17-19-9-7-8-18(15-19)16-30-12-5-6-13-30/h7-9,15,21,24-26H,3-6,10-14,16-17H2,1-2H3,(H,27,32). The molecular weight excluding hydrogens is 402 g/mol. The molecule has 8 heteroatoms. The van der Waals surface area contributed by atoms with Gasteiger partial charge in [0.1, 0.15) is 17.7 Å². The average Bonchev–Trinajstić information content (AvgIpc) is 3.24. The van der Waals surface area contributed by atoms with Crippen molar-refractivity contribution in [3.05, 3.63) is 35.4 Å². The second-order valence-electron chi connectivity index (χ2n) is 9.14. The first-order valence-corrected chi connectivity index (χ1v) is 12.0. The lowest BCUT2D eigenvalue weighted by Gasteiger charge is -2.40. The third kappa shape index (κ3) is 5.30. The molecule has 0 radical (unpaired) electrons. The van der Waals surface area contributed by atoms with Crippen LogP contribution in [0.5, 0.6) is 0 Å². The van der Waals surface area contributed by atoms with Crippen LogP contribution in [-0.2, 0) is 17.9 Å². The second kappa shape index (κ2) is 10.4. The first-order chi connectivity index (χ1) is 15.5. The van der Waals surface area contributed by atoms with Crippen molar-refractivity contribution in [2.24, 2.45) is 4.99 Å². The topological polar surface area (TPSA) is 87.1 Å². The number of nitrogens with zero attached hydrogens (tertiary/aromatic N) is 4. The molecule has 8 nitrogen and oxygen atoms in total. The maximum absolute atomic E-state index is 12.4. The summed E-state index contributed by atoms with van der Waals surface area (Å²) in [7, 11) is 1.87. The van der Waals surface area contributed by atoms with Gasteiger partial charge in [0.25, 0.3) is 0 Å². The molecule has 2 atom stereocenters. The Bertz CT molecular complexity index is 849. The fourth-order valence-electron chi connectivity index (χ4n) is 4.72. The number of carbonyl (C=O) groups is 1. The first kappa shape index (κ1) is 22.7. The Morgan fingerprint density at radius 3 is 2.69 bits per heavy atom. The first-order valence-electron chi connectivity index (χ1n) is 12.0. The van der Waals surface area contributed by atoms with Gasteiger partial charge in [-0.1, -0.05) is 37.6 Å². The number of aliphatic imine (C=N–C) groups is 1. The van der Waals surface area contributed by atoms with E-state index in [2.05, 4.69) is 51.6 Å². The number of carbonyl (C=O) groups excluding carboxylic acids is 1. The number of unbranched alkanes of at least 4 members (excludes halogenated alkanes) is 1. The number of fused-ring (bicyclic) bond motifs is 1. The summed E-state index contributed by atoms with van der Waals surface area (Å²) in [5.41, 5.74) is 2.56. The smallest absolute Gasteiger partial charge is 0.222 e. The van der Waals surface area contributed by atoms with Crippen molar-refractivity contribution in [3.8, 4) is 0 Å². The molecule has 174 valence electrons. The molecular formula is C24H37N7O. The van der Waals surface area contributed by atoms with Gasteiger partial charge >= 0.3 is 0 Å². The van der Waals surface area contributed by atoms with Gasteiger partial charge in [0.15, 0.2) is 6.29 Å². The Labute approximate surface area is 191 Å². The zero-order valence-electron chi connectivity index (χ0n) is 19.4. The predicted octanol–water partition coefficient (Wildman–Crippen LogP) is 1.97. The van der Waals surface area contributed by atoms with E-state index >= 15 is 0 Å². The third-order valence-corrected chi connectivity index (χ3v) is 6.60. The summed E-state index contributed by atoms with van der Waals surface area (Å²) in [4.78, 5) is 23.9. The molecule has 1 aromatic carbocycles. The lowest BCUT2D eigenvalue weighted by Crippen LogP contribution is -2.62. The minimum Gasteiger partial charge on any atom is -0.353 e. The van der Waals surface area contributed by atoms with Crippen molar-refractivity contribution < 1.29 is 4.79 Å². The number of hydrogen-bond donors (Lipinski definition) is 3. The van der Waals surface area contributed by atoms with Crippen molar-refractivity contribution in [1.82, 2.24) is 25.3 Å². The van der Waals surface area contributed by atoms with Crippen molar-refractivity contribution in [2.75, 3.05) is 33.2 Å². The van der Waals surface area contributed by atoms with Crippen LogP contribution in [0.1, 0.15) is 50.2 Å². The van der Waals surface area contributed by atoms with E-state index < -0.39 is 6.04 Å². The van der Waals surface area contributed by atoms with Gasteiger partial charge < -0.3 is 15.1 Å². The van der Waals surface area contributed by atoms with Crippen molar-refractivity contribution in [2.45, 2.75) is 64.4 Å². The molecule has 2 saturated heterocycles. The summed E-state index contributed by atoms with van der Waals surface area (Å²) in [6.07, 6.45) is 4.90. The molecule has 3 N–H and O–H groups in total. The van der Waals surface area contributed by atoms with Crippen LogP contribution in [0, 0.1) is 5.41 Å². The number of nitrogens with one attached hydrogen (secondary N) is 3. The van der Waals surface area contributed by atoms with Crippen LogP contribution in [0.3, 0.4) is 0 Å². The summed E-state index contributed by atoms with van der Waals surface area (Å²) in [6.45, 7) is 7.68. The van der Waals surface area contributed by atoms with E-state index in [0.717, 1.165) is 31.8 Å². The predicted molar refractivity (Wildman–Crippen MR) is 128 cm³/mol. The van der Waals surface area contributed by atoms with Gasteiger partial charge in [-0.15, -0.1) is 0 Å². The van der Waals surface area contributed by atoms with Crippen LogP contribution >= 0.6 is 0 Å². The van der Waals surface area contributed by atoms with Crippen molar-refractivity contribution in [3.63, 3.8) is 0 Å². The number of hydrogen-bond acceptors (Lipinski definition) is 6. The van der Waals surface area contributed by atoms with E-state index in [1.165, 1.54) is 37.1 Å². The van der Waals surface area contributed by atoms with E-state index in [0.29, 0.717) is 25.3 Å². The van der Waals surface area contributed by atoms with Gasteiger partial charge in [0.05, 0.1) is 0 Å². The molecule has 3 aliphatic rings. The van der Waals surface area contributed by atoms with E-state index in [9.17, 15) is 4.79 Å². The van der Waals surface area contributed by atoms with E-state index in [4.69, 9.17) is 10.4 Å². The molecule has 4 rings (SSSR count). The number of amides is 1. The molecule has 32 heavy (non-hydrogen) atoms. The van der Waals surface area contributed by atoms with Gasteiger partial charge in [-0.05, 0) is 50.0 Å². The van der Waals surface area contributed by atoms with Crippen LogP contribution in [0.4, 0.5) is 0 Å². The fraction of sp³-hybridized carbons (Fsp3) is 0.625. The third-order valence-electron chi connectivity index (χ3n) is 6.60. The monoisotopic (exact) mass is 439 g/mol. The molecule has 2 fully saturated rings. The normalized spacial score (nSPS) is 24.2. The summed E-state index contributed by atoms with van der Waals surface area (Å²) in [6, 6.07) is 8.28. The quantitative estimate of drug-likeness (QED) is 0.539. The number of rotatable bonds is 8. The Morgan fingerprint density at radius 1 is 1.19 bits per heavy atom. The Hall–Kier alpha value is -2.45. The van der Waals surface area contributed by atoms with Crippen molar-refractivity contribution >= 4 is 17.6 Å². The molecule has 1 aromatic rings. The van der Waals surface area contributed by atoms with E-state index in [1.807, 2.05) is 11.9 Å². The SMILES string of the molecule is CCCCNC1N=C2C(NC(=O)CCN2Cc2cccc(CN3CCCC3)c2)C(=N)N1C. The largest absolute Gasteiger partial charge is 0.353 e. The fourth-order valence-corrected chi connectivity index (χ4v) is 4.72. The molecule has 3 heterocycles. The Kier molecular flexibility index (Phi) is 7.42. The molecule has 0 bridgehead atoms. The maximum Gasteiger partial charge on any atom is 0.222 e. The molecule has 0 spiro atoms. The zero-order valence-corrected chi connectivity index (χ0v) is 19.4. The van der Waals surface area contributed by atoms with Gasteiger partial charge in [0.2, 0.25) is 5.91 Å². The second-order valence-corrected chi connectivity index (χ2v) is 9.14. The highest BCUT2D eigenvalue weighted by Gasteiger charge is 2.38. The van der Waals surface area contributed by atoms with Crippen LogP contribution in [-0.4, -0.2) is 77.8 Å². The van der Waals surface area contributed by atoms with Gasteiger partial charge in [-0.3, -0.25) is 20.4 Å². The molecule has 1 amide bonds. The number of amidine groups is 2. The lowest BCUT2D eigenvalue weighted by molar-refractivity contribution is -0.120. The van der Waals surface area contributed by atoms with Crippen LogP contribution < -0.4 is 10.6 Å². The summed E-state index contributed by atoms with van der Waals surface area (Å²) >= 11 is 0. The highest BCUT2D eigenvalue weighted by Crippen LogP contribution is 2.20. The summed E-state index contributed by atoms with van der Waals surface area (Å²) < 4.78 is 0. The Morgan fingerprint density at radius 2 is 1.94 bits per heavy atom. The maximum atomic E-state index is 12.4. The van der Waals surface area contributed by atoms with Crippen LogP contribution in [0.2, 0.25) is 0 Å². The van der Waals surface area contributed by atoms with Crippen LogP contribution in [0.15, 0.2) is 29.3 Å².